The van der Waals surface area contributed by atoms with Gasteiger partial charge in [0, 0.05) is 61.1 Å². The average Bonchev–Trinajstić information content (AvgIpc) is 3.93. The molecule has 4 aliphatic rings. The number of hydrogen-bond acceptors (Lipinski definition) is 4. The van der Waals surface area contributed by atoms with Gasteiger partial charge >= 0.3 is 6.85 Å². The smallest absolute Gasteiger partial charge is 0.333 e. The molecule has 0 atom stereocenters. The number of para-hydroxylation sites is 2. The Balaban J connectivity index is 1.17. The van der Waals surface area contributed by atoms with Crippen molar-refractivity contribution in [1.29, 1.82) is 0 Å². The Morgan fingerprint density at radius 2 is 1.06 bits per heavy atom. The first-order valence-electron chi connectivity index (χ1n) is 25.6. The monoisotopic (exact) mass is 910 g/mol. The fourth-order valence-electron chi connectivity index (χ4n) is 13.5. The second-order valence-corrected chi connectivity index (χ2v) is 23.8. The lowest BCUT2D eigenvalue weighted by Gasteiger charge is -2.48. The SMILES string of the molecule is Cc1cc2c(cc1N1c3ccc(-c4ccccc4)cc3B3c4c1cc1c(oc5ccccc51)c4-c1c(ccc4oc5ccccc5c14)N3c1ccc3c(c1)C(C)(C)CCC3(C)C)C(C)(C)CCC2(C)C. The van der Waals surface area contributed by atoms with Crippen LogP contribution in [0.4, 0.5) is 28.4 Å². The van der Waals surface area contributed by atoms with Gasteiger partial charge < -0.3 is 18.5 Å². The molecule has 14 rings (SSSR count). The molecule has 0 saturated heterocycles. The molecule has 0 N–H and O–H groups in total. The second kappa shape index (κ2) is 14.1. The van der Waals surface area contributed by atoms with Gasteiger partial charge in [-0.2, -0.15) is 0 Å². The van der Waals surface area contributed by atoms with Crippen molar-refractivity contribution in [3.05, 3.63) is 173 Å². The van der Waals surface area contributed by atoms with Crippen molar-refractivity contribution >= 4 is 90.1 Å². The van der Waals surface area contributed by atoms with Crippen LogP contribution in [0, 0.1) is 6.92 Å². The maximum atomic E-state index is 7.29. The van der Waals surface area contributed by atoms with E-state index in [1.54, 1.807) is 0 Å². The number of furan rings is 2. The molecule has 4 heterocycles. The van der Waals surface area contributed by atoms with E-state index in [1.807, 2.05) is 0 Å². The quantitative estimate of drug-likeness (QED) is 0.165. The highest BCUT2D eigenvalue weighted by atomic mass is 16.3. The lowest BCUT2D eigenvalue weighted by Crippen LogP contribution is -2.61. The van der Waals surface area contributed by atoms with Crippen molar-refractivity contribution in [1.82, 2.24) is 0 Å². The Morgan fingerprint density at radius 1 is 0.443 bits per heavy atom. The van der Waals surface area contributed by atoms with E-state index >= 15 is 0 Å². The van der Waals surface area contributed by atoms with Crippen LogP contribution in [-0.2, 0) is 21.7 Å². The van der Waals surface area contributed by atoms with Crippen LogP contribution in [0.5, 0.6) is 0 Å². The number of rotatable bonds is 3. The molecule has 2 aromatic heterocycles. The van der Waals surface area contributed by atoms with Crippen LogP contribution in [0.15, 0.2) is 154 Å². The van der Waals surface area contributed by atoms with E-state index in [9.17, 15) is 0 Å². The summed E-state index contributed by atoms with van der Waals surface area (Å²) in [7, 11) is 0. The van der Waals surface area contributed by atoms with Crippen molar-refractivity contribution in [3.63, 3.8) is 0 Å². The zero-order valence-electron chi connectivity index (χ0n) is 42.0. The van der Waals surface area contributed by atoms with Crippen molar-refractivity contribution in [2.45, 2.75) is 110 Å². The summed E-state index contributed by atoms with van der Waals surface area (Å²) in [5, 5.41) is 4.47. The molecule has 344 valence electrons. The Hall–Kier alpha value is -6.98. The normalized spacial score (nSPS) is 17.9. The van der Waals surface area contributed by atoms with E-state index in [0.717, 1.165) is 73.5 Å². The zero-order chi connectivity index (χ0) is 47.8. The van der Waals surface area contributed by atoms with E-state index in [2.05, 4.69) is 218 Å². The van der Waals surface area contributed by atoms with Gasteiger partial charge in [0.15, 0.2) is 0 Å². The van der Waals surface area contributed by atoms with Crippen LogP contribution < -0.4 is 20.6 Å². The van der Waals surface area contributed by atoms with E-state index in [0.29, 0.717) is 0 Å². The molecule has 0 saturated carbocycles. The second-order valence-electron chi connectivity index (χ2n) is 23.8. The first-order chi connectivity index (χ1) is 33.6. The van der Waals surface area contributed by atoms with E-state index in [4.69, 9.17) is 8.83 Å². The van der Waals surface area contributed by atoms with E-state index < -0.39 is 0 Å². The fourth-order valence-corrected chi connectivity index (χ4v) is 13.5. The van der Waals surface area contributed by atoms with E-state index in [-0.39, 0.29) is 28.5 Å². The van der Waals surface area contributed by atoms with Gasteiger partial charge in [0.2, 0.25) is 0 Å². The molecule has 0 amide bonds. The number of aryl methyl sites for hydroxylation is 1. The third-order valence-corrected chi connectivity index (χ3v) is 17.7. The molecule has 2 aliphatic heterocycles. The standard InChI is InChI=1S/C65H59BN2O2/c1-38-33-46-48(65(8,9)32-31-63(46,4)5)37-52(38)67-50-26-23-40(39-17-11-10-12-18-39)34-49(50)66-60-53(67)36-44-42-19-13-15-21-54(42)70-61(44)59(60)58-51(27-28-56-57(58)43-20-14-16-22-55(43)69-56)68(66)41-24-25-45-47(35-41)64(6,7)30-29-62(45,2)3/h10-28,33-37H,29-32H2,1-9H3. The highest BCUT2D eigenvalue weighted by Crippen LogP contribution is 2.56. The summed E-state index contributed by atoms with van der Waals surface area (Å²) in [6.07, 6.45) is 4.62. The Bertz CT molecular complexity index is 3880. The number of fused-ring (bicyclic) bond motifs is 14. The molecule has 8 aromatic carbocycles. The molecular weight excluding hydrogens is 852 g/mol. The molecular formula is C65H59BN2O2. The number of nitrogens with zero attached hydrogens (tertiary/aromatic N) is 2. The third kappa shape index (κ3) is 5.72. The number of anilines is 5. The molecule has 0 bridgehead atoms. The van der Waals surface area contributed by atoms with Gasteiger partial charge in [0.05, 0.1) is 0 Å². The highest BCUT2D eigenvalue weighted by Gasteiger charge is 2.49. The van der Waals surface area contributed by atoms with E-state index in [1.165, 1.54) is 85.5 Å². The molecule has 4 nitrogen and oxygen atoms in total. The minimum atomic E-state index is -0.216. The average molecular weight is 911 g/mol. The molecule has 2 aliphatic carbocycles. The first-order valence-corrected chi connectivity index (χ1v) is 25.6. The van der Waals surface area contributed by atoms with Crippen LogP contribution in [-0.4, -0.2) is 6.85 Å². The van der Waals surface area contributed by atoms with Crippen molar-refractivity contribution in [2.24, 2.45) is 0 Å². The Kier molecular flexibility index (Phi) is 8.45. The van der Waals surface area contributed by atoms with Gasteiger partial charge in [-0.15, -0.1) is 0 Å². The van der Waals surface area contributed by atoms with Gasteiger partial charge in [0.1, 0.15) is 22.3 Å². The third-order valence-electron chi connectivity index (χ3n) is 17.7. The summed E-state index contributed by atoms with van der Waals surface area (Å²) < 4.78 is 14.1. The maximum Gasteiger partial charge on any atom is 0.333 e. The summed E-state index contributed by atoms with van der Waals surface area (Å²) in [6.45, 7) is 21.7. The first kappa shape index (κ1) is 42.0. The Labute approximate surface area is 412 Å². The summed E-state index contributed by atoms with van der Waals surface area (Å²) in [5.41, 5.74) is 24.1. The van der Waals surface area contributed by atoms with Gasteiger partial charge in [0.25, 0.3) is 0 Å². The van der Waals surface area contributed by atoms with Gasteiger partial charge in [-0.1, -0.05) is 146 Å². The molecule has 70 heavy (non-hydrogen) atoms. The summed E-state index contributed by atoms with van der Waals surface area (Å²) in [5.74, 6) is 0. The van der Waals surface area contributed by atoms with Crippen molar-refractivity contribution < 1.29 is 8.83 Å². The lowest BCUT2D eigenvalue weighted by atomic mass is 9.43. The summed E-state index contributed by atoms with van der Waals surface area (Å²) >= 11 is 0. The molecule has 0 fully saturated rings. The molecule has 0 spiro atoms. The zero-order valence-corrected chi connectivity index (χ0v) is 42.0. The molecule has 0 unspecified atom stereocenters. The molecule has 10 aromatic rings. The number of hydrogen-bond donors (Lipinski definition) is 0. The molecule has 0 radical (unpaired) electrons. The number of benzene rings is 8. The van der Waals surface area contributed by atoms with Gasteiger partial charge in [-0.05, 0) is 159 Å². The van der Waals surface area contributed by atoms with Crippen molar-refractivity contribution in [2.75, 3.05) is 9.71 Å². The predicted molar refractivity (Wildman–Crippen MR) is 295 cm³/mol. The van der Waals surface area contributed by atoms with Crippen LogP contribution in [0.1, 0.15) is 109 Å². The predicted octanol–water partition coefficient (Wildman–Crippen LogP) is 16.9. The topological polar surface area (TPSA) is 32.8 Å². The minimum Gasteiger partial charge on any atom is -0.456 e. The van der Waals surface area contributed by atoms with Crippen LogP contribution >= 0.6 is 0 Å². The van der Waals surface area contributed by atoms with Gasteiger partial charge in [-0.3, -0.25) is 0 Å². The molecule has 5 heteroatoms. The highest BCUT2D eigenvalue weighted by molar-refractivity contribution is 6.94. The van der Waals surface area contributed by atoms with Crippen LogP contribution in [0.3, 0.4) is 0 Å². The summed E-state index contributed by atoms with van der Waals surface area (Å²) in [6, 6.07) is 55.0. The lowest BCUT2D eigenvalue weighted by molar-refractivity contribution is 0.332. The Morgan fingerprint density at radius 3 is 1.79 bits per heavy atom. The van der Waals surface area contributed by atoms with Crippen LogP contribution in [0.25, 0.3) is 66.1 Å². The maximum absolute atomic E-state index is 7.29. The van der Waals surface area contributed by atoms with Crippen molar-refractivity contribution in [3.8, 4) is 22.3 Å². The fraction of sp³-hybridized carbons (Fsp3) is 0.262. The van der Waals surface area contributed by atoms with Gasteiger partial charge in [-0.25, -0.2) is 0 Å². The van der Waals surface area contributed by atoms with Crippen LogP contribution in [0.2, 0.25) is 0 Å². The largest absolute Gasteiger partial charge is 0.456 e. The summed E-state index contributed by atoms with van der Waals surface area (Å²) in [4.78, 5) is 5.34. The minimum absolute atomic E-state index is 0.0156.